The van der Waals surface area contributed by atoms with Gasteiger partial charge in [0.25, 0.3) is 0 Å². The molecular formula is C17H15NO2S. The van der Waals surface area contributed by atoms with Gasteiger partial charge in [0.1, 0.15) is 5.40 Å². The summed E-state index contributed by atoms with van der Waals surface area (Å²) >= 11 is 1.12. The molecule has 0 amide bonds. The molecule has 0 aromatic heterocycles. The van der Waals surface area contributed by atoms with Gasteiger partial charge in [0, 0.05) is 11.7 Å². The van der Waals surface area contributed by atoms with E-state index in [0.29, 0.717) is 6.42 Å². The predicted molar refractivity (Wildman–Crippen MR) is 84.7 cm³/mol. The Morgan fingerprint density at radius 2 is 1.71 bits per heavy atom. The zero-order chi connectivity index (χ0) is 15.1. The average Bonchev–Trinajstić information content (AvgIpc) is 2.52. The number of nitrogens with zero attached hydrogens (tertiary/aromatic N) is 1. The fourth-order valence-electron chi connectivity index (χ4n) is 2.13. The van der Waals surface area contributed by atoms with E-state index >= 15 is 0 Å². The van der Waals surface area contributed by atoms with E-state index in [1.165, 1.54) is 0 Å². The van der Waals surface area contributed by atoms with Crippen molar-refractivity contribution in [3.05, 3.63) is 60.2 Å². The van der Waals surface area contributed by atoms with Crippen LogP contribution in [0.3, 0.4) is 0 Å². The van der Waals surface area contributed by atoms with Gasteiger partial charge < -0.3 is 5.11 Å². The first-order chi connectivity index (χ1) is 10.2. The molecule has 0 aliphatic heterocycles. The number of hydrogen-bond donors (Lipinski definition) is 1. The van der Waals surface area contributed by atoms with E-state index < -0.39 is 5.97 Å². The van der Waals surface area contributed by atoms with Crippen LogP contribution in [0, 0.1) is 10.7 Å². The van der Waals surface area contributed by atoms with Gasteiger partial charge in [-0.15, -0.1) is 0 Å². The maximum Gasteiger partial charge on any atom is 0.303 e. The van der Waals surface area contributed by atoms with E-state index in [4.69, 9.17) is 10.4 Å². The molecule has 0 fully saturated rings. The predicted octanol–water partition coefficient (Wildman–Crippen LogP) is 4.47. The van der Waals surface area contributed by atoms with Crippen LogP contribution in [0.25, 0.3) is 11.1 Å². The maximum absolute atomic E-state index is 10.7. The highest BCUT2D eigenvalue weighted by Crippen LogP contribution is 2.33. The van der Waals surface area contributed by atoms with Crippen LogP contribution in [-0.4, -0.2) is 11.1 Å². The molecule has 0 spiro atoms. The number of hydrogen-bond acceptors (Lipinski definition) is 3. The van der Waals surface area contributed by atoms with E-state index in [2.05, 4.69) is 5.40 Å². The molecule has 0 radical (unpaired) electrons. The second kappa shape index (κ2) is 7.51. The minimum atomic E-state index is -0.834. The molecule has 21 heavy (non-hydrogen) atoms. The summed E-state index contributed by atoms with van der Waals surface area (Å²) in [6, 6.07) is 18.0. The zero-order valence-corrected chi connectivity index (χ0v) is 12.2. The SMILES string of the molecule is N#CSC(CCC(=O)O)c1ccc(-c2ccccc2)cc1. The van der Waals surface area contributed by atoms with Crippen LogP contribution in [0.4, 0.5) is 0 Å². The van der Waals surface area contributed by atoms with Gasteiger partial charge in [-0.3, -0.25) is 4.79 Å². The largest absolute Gasteiger partial charge is 0.481 e. The number of thiocyanates is 1. The fraction of sp³-hybridized carbons (Fsp3) is 0.176. The summed E-state index contributed by atoms with van der Waals surface area (Å²) in [5.41, 5.74) is 3.24. The highest BCUT2D eigenvalue weighted by atomic mass is 32.2. The van der Waals surface area contributed by atoms with Crippen molar-refractivity contribution in [3.8, 4) is 16.5 Å². The lowest BCUT2D eigenvalue weighted by Crippen LogP contribution is -2.00. The van der Waals surface area contributed by atoms with Crippen LogP contribution in [0.15, 0.2) is 54.6 Å². The molecule has 2 aromatic rings. The summed E-state index contributed by atoms with van der Waals surface area (Å²) in [5.74, 6) is -0.834. The monoisotopic (exact) mass is 297 g/mol. The Hall–Kier alpha value is -2.25. The fourth-order valence-corrected chi connectivity index (χ4v) is 2.79. The van der Waals surface area contributed by atoms with Crippen LogP contribution in [0.5, 0.6) is 0 Å². The Bertz CT molecular complexity index is 632. The molecule has 106 valence electrons. The Kier molecular flexibility index (Phi) is 5.42. The third-order valence-electron chi connectivity index (χ3n) is 3.20. The first-order valence-electron chi connectivity index (χ1n) is 6.62. The van der Waals surface area contributed by atoms with Crippen molar-refractivity contribution in [2.45, 2.75) is 18.1 Å². The van der Waals surface area contributed by atoms with Crippen molar-refractivity contribution in [1.29, 1.82) is 5.26 Å². The lowest BCUT2D eigenvalue weighted by molar-refractivity contribution is -0.137. The number of benzene rings is 2. The molecule has 0 aliphatic carbocycles. The molecule has 0 saturated heterocycles. The van der Waals surface area contributed by atoms with Gasteiger partial charge in [-0.25, -0.2) is 0 Å². The topological polar surface area (TPSA) is 61.1 Å². The van der Waals surface area contributed by atoms with E-state index in [9.17, 15) is 4.79 Å². The average molecular weight is 297 g/mol. The third-order valence-corrected chi connectivity index (χ3v) is 4.10. The summed E-state index contributed by atoms with van der Waals surface area (Å²) in [5, 5.41) is 19.6. The van der Waals surface area contributed by atoms with Crippen molar-refractivity contribution < 1.29 is 9.90 Å². The maximum atomic E-state index is 10.7. The van der Waals surface area contributed by atoms with Gasteiger partial charge in [0.15, 0.2) is 0 Å². The number of aliphatic carboxylic acids is 1. The standard InChI is InChI=1S/C17H15NO2S/c18-12-21-16(10-11-17(19)20)15-8-6-14(7-9-15)13-4-2-1-3-5-13/h1-9,16H,10-11H2,(H,19,20). The normalized spacial score (nSPS) is 11.6. The van der Waals surface area contributed by atoms with E-state index in [-0.39, 0.29) is 11.7 Å². The number of carboxylic acid groups (broad SMARTS) is 1. The number of carboxylic acids is 1. The molecule has 1 atom stereocenters. The van der Waals surface area contributed by atoms with Crippen molar-refractivity contribution in [2.24, 2.45) is 0 Å². The second-order valence-electron chi connectivity index (χ2n) is 4.62. The Morgan fingerprint density at radius 1 is 1.10 bits per heavy atom. The van der Waals surface area contributed by atoms with Gasteiger partial charge in [-0.05, 0) is 34.9 Å². The van der Waals surface area contributed by atoms with Gasteiger partial charge in [-0.1, -0.05) is 54.6 Å². The van der Waals surface area contributed by atoms with Crippen molar-refractivity contribution in [2.75, 3.05) is 0 Å². The molecule has 2 aromatic carbocycles. The molecule has 0 bridgehead atoms. The van der Waals surface area contributed by atoms with Crippen LogP contribution < -0.4 is 0 Å². The quantitative estimate of drug-likeness (QED) is 0.799. The Morgan fingerprint density at radius 3 is 2.29 bits per heavy atom. The van der Waals surface area contributed by atoms with Gasteiger partial charge in [-0.2, -0.15) is 5.26 Å². The highest BCUT2D eigenvalue weighted by Gasteiger charge is 2.14. The van der Waals surface area contributed by atoms with Crippen molar-refractivity contribution >= 4 is 17.7 Å². The molecule has 3 nitrogen and oxygen atoms in total. The molecule has 0 heterocycles. The number of nitriles is 1. The smallest absolute Gasteiger partial charge is 0.303 e. The Labute approximate surface area is 128 Å². The van der Waals surface area contributed by atoms with Crippen LogP contribution in [-0.2, 0) is 4.79 Å². The summed E-state index contributed by atoms with van der Waals surface area (Å²) in [4.78, 5) is 10.7. The first-order valence-corrected chi connectivity index (χ1v) is 7.50. The van der Waals surface area contributed by atoms with Crippen LogP contribution >= 0.6 is 11.8 Å². The minimum Gasteiger partial charge on any atom is -0.481 e. The summed E-state index contributed by atoms with van der Waals surface area (Å²) in [6.45, 7) is 0. The summed E-state index contributed by atoms with van der Waals surface area (Å²) < 4.78 is 0. The van der Waals surface area contributed by atoms with E-state index in [1.807, 2.05) is 54.6 Å². The van der Waals surface area contributed by atoms with Gasteiger partial charge in [0.05, 0.1) is 0 Å². The number of rotatable bonds is 6. The second-order valence-corrected chi connectivity index (χ2v) is 5.61. The molecular weight excluding hydrogens is 282 g/mol. The van der Waals surface area contributed by atoms with Crippen molar-refractivity contribution in [3.63, 3.8) is 0 Å². The van der Waals surface area contributed by atoms with E-state index in [0.717, 1.165) is 28.5 Å². The number of carbonyl (C=O) groups is 1. The van der Waals surface area contributed by atoms with Gasteiger partial charge in [0.2, 0.25) is 0 Å². The van der Waals surface area contributed by atoms with E-state index in [1.54, 1.807) is 0 Å². The number of thioether (sulfide) groups is 1. The van der Waals surface area contributed by atoms with Gasteiger partial charge >= 0.3 is 5.97 Å². The summed E-state index contributed by atoms with van der Waals surface area (Å²) in [6.07, 6.45) is 0.526. The summed E-state index contributed by atoms with van der Waals surface area (Å²) in [7, 11) is 0. The molecule has 1 unspecified atom stereocenters. The molecule has 0 aliphatic rings. The molecule has 1 N–H and O–H groups in total. The molecule has 4 heteroatoms. The first kappa shape index (κ1) is 15.1. The van der Waals surface area contributed by atoms with Crippen molar-refractivity contribution in [1.82, 2.24) is 0 Å². The third kappa shape index (κ3) is 4.37. The van der Waals surface area contributed by atoms with Crippen LogP contribution in [0.2, 0.25) is 0 Å². The van der Waals surface area contributed by atoms with Crippen LogP contribution in [0.1, 0.15) is 23.7 Å². The minimum absolute atomic E-state index is 0.0692. The zero-order valence-electron chi connectivity index (χ0n) is 11.4. The Balaban J connectivity index is 2.16. The molecule has 0 saturated carbocycles. The lowest BCUT2D eigenvalue weighted by Gasteiger charge is -2.12. The lowest BCUT2D eigenvalue weighted by atomic mass is 10.0. The molecule has 2 rings (SSSR count). The highest BCUT2D eigenvalue weighted by molar-refractivity contribution is 8.03.